The standard InChI is InChI=1S/C22H29N5O6S/c1-14-11-27(15(2)13-28)22(30)16-6-5-7-17(25-21(29)18-10-23-8-9-24-18)20(16)33-19(14)12-26(3)34(4,31)32/h5-10,14-15,19,28H,11-13H2,1-4H3,(H,25,29)/t14-,15+,19+/m1/s1. The fraction of sp³-hybridized carbons (Fsp3) is 0.455. The number of sulfonamides is 1. The summed E-state index contributed by atoms with van der Waals surface area (Å²) in [7, 11) is -2.04. The number of rotatable bonds is 7. The van der Waals surface area contributed by atoms with Gasteiger partial charge in [-0.25, -0.2) is 17.7 Å². The molecule has 12 heteroatoms. The summed E-state index contributed by atoms with van der Waals surface area (Å²) in [5.41, 5.74) is 0.505. The lowest BCUT2D eigenvalue weighted by atomic mass is 9.99. The van der Waals surface area contributed by atoms with Crippen LogP contribution in [0.25, 0.3) is 0 Å². The number of hydrogen-bond acceptors (Lipinski definition) is 8. The van der Waals surface area contributed by atoms with Crippen molar-refractivity contribution in [1.82, 2.24) is 19.2 Å². The Morgan fingerprint density at radius 2 is 2.12 bits per heavy atom. The first kappa shape index (κ1) is 25.5. The fourth-order valence-electron chi connectivity index (χ4n) is 3.55. The highest BCUT2D eigenvalue weighted by molar-refractivity contribution is 7.88. The van der Waals surface area contributed by atoms with Gasteiger partial charge in [0, 0.05) is 31.9 Å². The number of ether oxygens (including phenoxy) is 1. The molecule has 1 aromatic heterocycles. The van der Waals surface area contributed by atoms with E-state index in [0.717, 1.165) is 6.26 Å². The lowest BCUT2D eigenvalue weighted by Crippen LogP contribution is -2.50. The Morgan fingerprint density at radius 1 is 1.38 bits per heavy atom. The molecule has 2 amide bonds. The summed E-state index contributed by atoms with van der Waals surface area (Å²) in [5, 5.41) is 12.4. The molecule has 2 N–H and O–H groups in total. The maximum absolute atomic E-state index is 13.4. The zero-order chi connectivity index (χ0) is 25.0. The monoisotopic (exact) mass is 491 g/mol. The third-order valence-corrected chi connectivity index (χ3v) is 7.02. The summed E-state index contributed by atoms with van der Waals surface area (Å²) < 4.78 is 31.5. The Morgan fingerprint density at radius 3 is 2.74 bits per heavy atom. The highest BCUT2D eigenvalue weighted by atomic mass is 32.2. The van der Waals surface area contributed by atoms with Crippen molar-refractivity contribution in [3.63, 3.8) is 0 Å². The highest BCUT2D eigenvalue weighted by Gasteiger charge is 2.35. The van der Waals surface area contributed by atoms with Crippen LogP contribution in [-0.4, -0.2) is 89.7 Å². The SMILES string of the molecule is C[C@@H]1CN([C@@H](C)CO)C(=O)c2cccc(NC(=O)c3cnccn3)c2O[C@H]1CN(C)S(C)(=O)=O. The predicted octanol–water partition coefficient (Wildman–Crippen LogP) is 0.840. The Balaban J connectivity index is 2.06. The maximum atomic E-state index is 13.4. The minimum atomic E-state index is -3.49. The number of nitrogens with zero attached hydrogens (tertiary/aromatic N) is 4. The molecule has 3 atom stereocenters. The van der Waals surface area contributed by atoms with Crippen LogP contribution in [0.15, 0.2) is 36.8 Å². The number of amides is 2. The molecule has 11 nitrogen and oxygen atoms in total. The van der Waals surface area contributed by atoms with E-state index in [1.807, 2.05) is 6.92 Å². The molecular weight excluding hydrogens is 462 g/mol. The summed E-state index contributed by atoms with van der Waals surface area (Å²) in [4.78, 5) is 35.6. The zero-order valence-corrected chi connectivity index (χ0v) is 20.3. The van der Waals surface area contributed by atoms with Gasteiger partial charge < -0.3 is 20.1 Å². The first-order valence-corrected chi connectivity index (χ1v) is 12.6. The van der Waals surface area contributed by atoms with Crippen molar-refractivity contribution in [1.29, 1.82) is 0 Å². The molecule has 0 radical (unpaired) electrons. The van der Waals surface area contributed by atoms with Crippen LogP contribution in [-0.2, 0) is 10.0 Å². The Kier molecular flexibility index (Phi) is 7.85. The van der Waals surface area contributed by atoms with Gasteiger partial charge in [-0.3, -0.25) is 14.6 Å². The van der Waals surface area contributed by atoms with Crippen LogP contribution in [0.1, 0.15) is 34.7 Å². The quantitative estimate of drug-likeness (QED) is 0.580. The lowest BCUT2D eigenvalue weighted by Gasteiger charge is -2.38. The Bertz CT molecular complexity index is 1140. The molecule has 0 bridgehead atoms. The molecule has 2 aromatic rings. The van der Waals surface area contributed by atoms with Crippen molar-refractivity contribution in [3.05, 3.63) is 48.0 Å². The first-order chi connectivity index (χ1) is 16.0. The number of aliphatic hydroxyl groups is 1. The van der Waals surface area contributed by atoms with Gasteiger partial charge in [0.15, 0.2) is 5.75 Å². The zero-order valence-electron chi connectivity index (χ0n) is 19.5. The number of aliphatic hydroxyl groups excluding tert-OH is 1. The van der Waals surface area contributed by atoms with Crippen LogP contribution in [0.5, 0.6) is 5.75 Å². The number of fused-ring (bicyclic) bond motifs is 1. The van der Waals surface area contributed by atoms with E-state index in [0.29, 0.717) is 0 Å². The predicted molar refractivity (Wildman–Crippen MR) is 125 cm³/mol. The second-order valence-corrected chi connectivity index (χ2v) is 10.5. The average molecular weight is 492 g/mol. The van der Waals surface area contributed by atoms with Crippen LogP contribution in [0.2, 0.25) is 0 Å². The van der Waals surface area contributed by atoms with E-state index in [1.165, 1.54) is 34.8 Å². The smallest absolute Gasteiger partial charge is 0.275 e. The van der Waals surface area contributed by atoms with Crippen LogP contribution in [0.4, 0.5) is 5.69 Å². The molecule has 2 heterocycles. The Labute approximate surface area is 198 Å². The Hall–Kier alpha value is -3.09. The van der Waals surface area contributed by atoms with Crippen molar-refractivity contribution in [2.24, 2.45) is 5.92 Å². The number of para-hydroxylation sites is 1. The van der Waals surface area contributed by atoms with E-state index in [2.05, 4.69) is 15.3 Å². The second-order valence-electron chi connectivity index (χ2n) is 8.39. The van der Waals surface area contributed by atoms with Gasteiger partial charge in [-0.1, -0.05) is 13.0 Å². The number of aromatic nitrogens is 2. The van der Waals surface area contributed by atoms with Gasteiger partial charge >= 0.3 is 0 Å². The molecule has 0 fully saturated rings. The molecule has 184 valence electrons. The van der Waals surface area contributed by atoms with E-state index < -0.39 is 28.1 Å². The summed E-state index contributed by atoms with van der Waals surface area (Å²) in [6.07, 6.45) is 4.60. The lowest BCUT2D eigenvalue weighted by molar-refractivity contribution is 0.0389. The fourth-order valence-corrected chi connectivity index (χ4v) is 3.97. The van der Waals surface area contributed by atoms with E-state index in [9.17, 15) is 23.1 Å². The van der Waals surface area contributed by atoms with Crippen molar-refractivity contribution >= 4 is 27.5 Å². The molecule has 0 spiro atoms. The highest BCUT2D eigenvalue weighted by Crippen LogP contribution is 2.35. The molecule has 3 rings (SSSR count). The third kappa shape index (κ3) is 5.69. The minimum Gasteiger partial charge on any atom is -0.486 e. The molecule has 0 aliphatic carbocycles. The molecule has 34 heavy (non-hydrogen) atoms. The molecule has 0 unspecified atom stereocenters. The number of carbonyl (C=O) groups is 2. The molecular formula is C22H29N5O6S. The molecule has 1 aromatic carbocycles. The molecule has 1 aliphatic heterocycles. The largest absolute Gasteiger partial charge is 0.486 e. The van der Waals surface area contributed by atoms with Crippen molar-refractivity contribution < 1.29 is 27.9 Å². The van der Waals surface area contributed by atoms with Gasteiger partial charge in [-0.15, -0.1) is 0 Å². The first-order valence-electron chi connectivity index (χ1n) is 10.7. The number of nitrogens with one attached hydrogen (secondary N) is 1. The minimum absolute atomic E-state index is 0.0292. The number of anilines is 1. The van der Waals surface area contributed by atoms with E-state index in [-0.39, 0.29) is 54.2 Å². The van der Waals surface area contributed by atoms with Gasteiger partial charge in [-0.05, 0) is 19.1 Å². The molecule has 0 saturated heterocycles. The second kappa shape index (κ2) is 10.5. The molecule has 1 aliphatic rings. The molecule has 0 saturated carbocycles. The number of likely N-dealkylation sites (N-methyl/N-ethyl adjacent to an activating group) is 1. The van der Waals surface area contributed by atoms with Crippen LogP contribution >= 0.6 is 0 Å². The third-order valence-electron chi connectivity index (χ3n) is 5.74. The van der Waals surface area contributed by atoms with Gasteiger partial charge in [-0.2, -0.15) is 0 Å². The summed E-state index contributed by atoms with van der Waals surface area (Å²) in [6.45, 7) is 3.60. The van der Waals surface area contributed by atoms with E-state index in [4.69, 9.17) is 4.74 Å². The summed E-state index contributed by atoms with van der Waals surface area (Å²) in [5.74, 6) is -1.08. The maximum Gasteiger partial charge on any atom is 0.275 e. The number of hydrogen-bond donors (Lipinski definition) is 2. The normalized spacial score (nSPS) is 19.6. The van der Waals surface area contributed by atoms with Gasteiger partial charge in [0.1, 0.15) is 11.8 Å². The van der Waals surface area contributed by atoms with Crippen LogP contribution in [0.3, 0.4) is 0 Å². The van der Waals surface area contributed by atoms with E-state index >= 15 is 0 Å². The van der Waals surface area contributed by atoms with Gasteiger partial charge in [0.2, 0.25) is 10.0 Å². The van der Waals surface area contributed by atoms with Crippen LogP contribution in [0, 0.1) is 5.92 Å². The van der Waals surface area contributed by atoms with Crippen LogP contribution < -0.4 is 10.1 Å². The average Bonchev–Trinajstić information content (AvgIpc) is 2.81. The topological polar surface area (TPSA) is 142 Å². The summed E-state index contributed by atoms with van der Waals surface area (Å²) >= 11 is 0. The summed E-state index contributed by atoms with van der Waals surface area (Å²) in [6, 6.07) is 4.28. The van der Waals surface area contributed by atoms with Crippen molar-refractivity contribution in [2.45, 2.75) is 26.0 Å². The van der Waals surface area contributed by atoms with Gasteiger partial charge in [0.25, 0.3) is 11.8 Å². The van der Waals surface area contributed by atoms with Crippen molar-refractivity contribution in [3.8, 4) is 5.75 Å². The number of benzene rings is 1. The number of carbonyl (C=O) groups excluding carboxylic acids is 2. The van der Waals surface area contributed by atoms with Gasteiger partial charge in [0.05, 0.1) is 42.9 Å². The van der Waals surface area contributed by atoms with Crippen molar-refractivity contribution in [2.75, 3.05) is 38.3 Å². The van der Waals surface area contributed by atoms with E-state index in [1.54, 1.807) is 25.1 Å².